The summed E-state index contributed by atoms with van der Waals surface area (Å²) in [5, 5.41) is 4.35. The van der Waals surface area contributed by atoms with Crippen LogP contribution in [0.3, 0.4) is 0 Å². The lowest BCUT2D eigenvalue weighted by Gasteiger charge is -2.19. The minimum absolute atomic E-state index is 0.0152. The van der Waals surface area contributed by atoms with E-state index in [-0.39, 0.29) is 17.7 Å². The maximum absolute atomic E-state index is 12.8. The molecule has 1 aromatic heterocycles. The van der Waals surface area contributed by atoms with Gasteiger partial charge in [-0.3, -0.25) is 4.79 Å². The van der Waals surface area contributed by atoms with Crippen molar-refractivity contribution in [3.63, 3.8) is 0 Å². The average Bonchev–Trinajstić information content (AvgIpc) is 3.04. The molecule has 1 N–H and O–H groups in total. The van der Waals surface area contributed by atoms with Gasteiger partial charge in [0, 0.05) is 22.5 Å². The highest BCUT2D eigenvalue weighted by Gasteiger charge is 2.24. The molecule has 0 fully saturated rings. The Morgan fingerprint density at radius 3 is 2.46 bits per heavy atom. The normalized spacial score (nSPS) is 12.2. The van der Waals surface area contributed by atoms with Crippen LogP contribution < -0.4 is 5.32 Å². The van der Waals surface area contributed by atoms with Gasteiger partial charge in [-0.2, -0.15) is 0 Å². The first-order valence-corrected chi connectivity index (χ1v) is 9.77. The molecule has 3 nitrogen and oxygen atoms in total. The zero-order chi connectivity index (χ0) is 18.5. The van der Waals surface area contributed by atoms with Gasteiger partial charge in [-0.25, -0.2) is 4.98 Å². The van der Waals surface area contributed by atoms with Gasteiger partial charge < -0.3 is 5.32 Å². The summed E-state index contributed by atoms with van der Waals surface area (Å²) >= 11 is 7.43. The molecule has 1 unspecified atom stereocenters. The van der Waals surface area contributed by atoms with E-state index in [1.165, 1.54) is 16.9 Å². The molecule has 26 heavy (non-hydrogen) atoms. The topological polar surface area (TPSA) is 42.0 Å². The molecule has 5 heteroatoms. The molecular formula is C21H21ClN2OS. The lowest BCUT2D eigenvalue weighted by atomic mass is 9.88. The molecule has 3 aromatic rings. The van der Waals surface area contributed by atoms with Crippen molar-refractivity contribution in [3.05, 3.63) is 81.8 Å². The van der Waals surface area contributed by atoms with E-state index in [1.807, 2.05) is 60.8 Å². The van der Waals surface area contributed by atoms with E-state index in [0.717, 1.165) is 21.9 Å². The third-order valence-corrected chi connectivity index (χ3v) is 5.35. The summed E-state index contributed by atoms with van der Waals surface area (Å²) in [4.78, 5) is 18.3. The van der Waals surface area contributed by atoms with Crippen LogP contribution in [0.25, 0.3) is 0 Å². The van der Waals surface area contributed by atoms with E-state index in [4.69, 9.17) is 11.6 Å². The molecule has 0 bridgehead atoms. The van der Waals surface area contributed by atoms with Gasteiger partial charge in [0.15, 0.2) is 5.13 Å². The Labute approximate surface area is 163 Å². The number of nitrogens with one attached hydrogen (secondary N) is 1. The second-order valence-electron chi connectivity index (χ2n) is 6.56. The number of hydrogen-bond acceptors (Lipinski definition) is 3. The lowest BCUT2D eigenvalue weighted by Crippen LogP contribution is -2.25. The standard InChI is InChI=1S/C21H21ClN2OS/c1-14(2)19(16-6-4-3-5-7-16)20(25)24-21-23-13-18(26-21)12-15-8-10-17(22)11-9-15/h3-11,13-14,19H,12H2,1-2H3,(H,23,24,25). The van der Waals surface area contributed by atoms with Gasteiger partial charge in [-0.1, -0.05) is 67.9 Å². The molecule has 134 valence electrons. The van der Waals surface area contributed by atoms with Gasteiger partial charge in [0.1, 0.15) is 0 Å². The van der Waals surface area contributed by atoms with Gasteiger partial charge in [-0.15, -0.1) is 11.3 Å². The quantitative estimate of drug-likeness (QED) is 0.586. The average molecular weight is 385 g/mol. The van der Waals surface area contributed by atoms with Crippen molar-refractivity contribution in [3.8, 4) is 0 Å². The Kier molecular flexibility index (Phi) is 6.07. The van der Waals surface area contributed by atoms with Crippen molar-refractivity contribution >= 4 is 34.0 Å². The summed E-state index contributed by atoms with van der Waals surface area (Å²) in [5.74, 6) is -0.00990. The summed E-state index contributed by atoms with van der Waals surface area (Å²) in [7, 11) is 0. The molecule has 0 aliphatic rings. The van der Waals surface area contributed by atoms with Crippen LogP contribution in [0.15, 0.2) is 60.8 Å². The fraction of sp³-hybridized carbons (Fsp3) is 0.238. The number of benzene rings is 2. The van der Waals surface area contributed by atoms with Crippen LogP contribution in [0.1, 0.15) is 35.8 Å². The van der Waals surface area contributed by atoms with Crippen LogP contribution in [-0.2, 0) is 11.2 Å². The number of halogens is 1. The Morgan fingerprint density at radius 1 is 1.12 bits per heavy atom. The summed E-state index contributed by atoms with van der Waals surface area (Å²) in [6.07, 6.45) is 2.60. The largest absolute Gasteiger partial charge is 0.301 e. The monoisotopic (exact) mass is 384 g/mol. The van der Waals surface area contributed by atoms with Crippen molar-refractivity contribution < 1.29 is 4.79 Å². The number of amides is 1. The van der Waals surface area contributed by atoms with Crippen molar-refractivity contribution in [1.82, 2.24) is 4.98 Å². The summed E-state index contributed by atoms with van der Waals surface area (Å²) in [6, 6.07) is 17.7. The predicted molar refractivity (Wildman–Crippen MR) is 109 cm³/mol. The lowest BCUT2D eigenvalue weighted by molar-refractivity contribution is -0.118. The molecule has 1 amide bonds. The molecule has 3 rings (SSSR count). The number of hydrogen-bond donors (Lipinski definition) is 1. The van der Waals surface area contributed by atoms with Crippen LogP contribution >= 0.6 is 22.9 Å². The second kappa shape index (κ2) is 8.47. The van der Waals surface area contributed by atoms with Gasteiger partial charge >= 0.3 is 0 Å². The zero-order valence-electron chi connectivity index (χ0n) is 14.8. The van der Waals surface area contributed by atoms with Gasteiger partial charge in [0.05, 0.1) is 5.92 Å². The Hall–Kier alpha value is -2.17. The molecule has 2 aromatic carbocycles. The number of carbonyl (C=O) groups excluding carboxylic acids is 1. The SMILES string of the molecule is CC(C)C(C(=O)Nc1ncc(Cc2ccc(Cl)cc2)s1)c1ccccc1. The van der Waals surface area contributed by atoms with Crippen molar-refractivity contribution in [1.29, 1.82) is 0 Å². The highest BCUT2D eigenvalue weighted by atomic mass is 35.5. The first kappa shape index (κ1) is 18.6. The first-order valence-electron chi connectivity index (χ1n) is 8.58. The molecule has 0 spiro atoms. The number of aromatic nitrogens is 1. The highest BCUT2D eigenvalue weighted by molar-refractivity contribution is 7.15. The number of thiazole rings is 1. The minimum atomic E-state index is -0.195. The van der Waals surface area contributed by atoms with E-state index in [2.05, 4.69) is 24.1 Å². The minimum Gasteiger partial charge on any atom is -0.301 e. The fourth-order valence-corrected chi connectivity index (χ4v) is 3.91. The molecular weight excluding hydrogens is 364 g/mol. The van der Waals surface area contributed by atoms with E-state index < -0.39 is 0 Å². The van der Waals surface area contributed by atoms with Crippen molar-refractivity contribution in [2.24, 2.45) is 5.92 Å². The fourth-order valence-electron chi connectivity index (χ4n) is 2.93. The Morgan fingerprint density at radius 2 is 1.81 bits per heavy atom. The number of anilines is 1. The highest BCUT2D eigenvalue weighted by Crippen LogP contribution is 2.28. The molecule has 1 atom stereocenters. The number of carbonyl (C=O) groups is 1. The van der Waals surface area contributed by atoms with Crippen LogP contribution in [0.2, 0.25) is 5.02 Å². The molecule has 0 radical (unpaired) electrons. The second-order valence-corrected chi connectivity index (χ2v) is 8.11. The van der Waals surface area contributed by atoms with E-state index in [9.17, 15) is 4.79 Å². The van der Waals surface area contributed by atoms with E-state index in [1.54, 1.807) is 0 Å². The van der Waals surface area contributed by atoms with Gasteiger partial charge in [-0.05, 0) is 29.2 Å². The third kappa shape index (κ3) is 4.71. The molecule has 0 aliphatic heterocycles. The third-order valence-electron chi connectivity index (χ3n) is 4.18. The molecule has 0 saturated carbocycles. The smallest absolute Gasteiger partial charge is 0.233 e. The van der Waals surface area contributed by atoms with Gasteiger partial charge in [0.2, 0.25) is 5.91 Å². The van der Waals surface area contributed by atoms with Crippen molar-refractivity contribution in [2.75, 3.05) is 5.32 Å². The maximum Gasteiger partial charge on any atom is 0.233 e. The van der Waals surface area contributed by atoms with Crippen LogP contribution in [0.4, 0.5) is 5.13 Å². The Balaban J connectivity index is 1.69. The summed E-state index contributed by atoms with van der Waals surface area (Å²) in [5.41, 5.74) is 2.19. The predicted octanol–water partition coefficient (Wildman–Crippen LogP) is 5.77. The number of rotatable bonds is 6. The maximum atomic E-state index is 12.8. The molecule has 0 saturated heterocycles. The number of nitrogens with zero attached hydrogens (tertiary/aromatic N) is 1. The summed E-state index contributed by atoms with van der Waals surface area (Å²) < 4.78 is 0. The molecule has 0 aliphatic carbocycles. The molecule has 1 heterocycles. The van der Waals surface area contributed by atoms with E-state index in [0.29, 0.717) is 5.13 Å². The first-order chi connectivity index (χ1) is 12.5. The van der Waals surface area contributed by atoms with Gasteiger partial charge in [0.25, 0.3) is 0 Å². The zero-order valence-corrected chi connectivity index (χ0v) is 16.3. The van der Waals surface area contributed by atoms with Crippen LogP contribution in [0, 0.1) is 5.92 Å². The Bertz CT molecular complexity index is 859. The van der Waals surface area contributed by atoms with Crippen LogP contribution in [-0.4, -0.2) is 10.9 Å². The van der Waals surface area contributed by atoms with Crippen molar-refractivity contribution in [2.45, 2.75) is 26.2 Å². The van der Waals surface area contributed by atoms with Crippen LogP contribution in [0.5, 0.6) is 0 Å². The summed E-state index contributed by atoms with van der Waals surface area (Å²) in [6.45, 7) is 4.12. The van der Waals surface area contributed by atoms with E-state index >= 15 is 0 Å².